The molecule has 0 aromatic heterocycles. The zero-order valence-electron chi connectivity index (χ0n) is 12.2. The highest BCUT2D eigenvalue weighted by atomic mass is 35.5. The highest BCUT2D eigenvalue weighted by molar-refractivity contribution is 6.32. The smallest absolute Gasteiger partial charge is 0.191 e. The highest BCUT2D eigenvalue weighted by Gasteiger charge is 2.16. The second-order valence-corrected chi connectivity index (χ2v) is 4.85. The minimum absolute atomic E-state index is 0.528. The van der Waals surface area contributed by atoms with Gasteiger partial charge in [0.2, 0.25) is 0 Å². The van der Waals surface area contributed by atoms with Crippen molar-refractivity contribution in [1.29, 1.82) is 0 Å². The van der Waals surface area contributed by atoms with Gasteiger partial charge in [-0.25, -0.2) is 0 Å². The fourth-order valence-corrected chi connectivity index (χ4v) is 2.23. The Labute approximate surface area is 129 Å². The number of methoxy groups -OCH3 is 1. The van der Waals surface area contributed by atoms with Crippen LogP contribution in [-0.2, 0) is 11.3 Å². The Hall–Kier alpha value is -1.66. The molecule has 1 aliphatic heterocycles. The summed E-state index contributed by atoms with van der Waals surface area (Å²) in [5.74, 6) is 2.01. The van der Waals surface area contributed by atoms with Crippen LogP contribution in [0, 0.1) is 0 Å². The van der Waals surface area contributed by atoms with E-state index in [1.807, 2.05) is 12.1 Å². The van der Waals surface area contributed by atoms with Crippen LogP contribution in [0.25, 0.3) is 0 Å². The van der Waals surface area contributed by atoms with Gasteiger partial charge in [-0.1, -0.05) is 11.6 Å². The first-order chi connectivity index (χ1) is 10.2. The van der Waals surface area contributed by atoms with Crippen molar-refractivity contribution in [1.82, 2.24) is 10.6 Å². The number of nitrogens with zero attached hydrogens (tertiary/aromatic N) is 1. The Balaban J connectivity index is 1.95. The number of nitrogens with one attached hydrogen (secondary N) is 2. The Morgan fingerprint density at radius 2 is 2.14 bits per heavy atom. The van der Waals surface area contributed by atoms with Crippen molar-refractivity contribution in [3.05, 3.63) is 22.7 Å². The number of rotatable bonds is 5. The minimum Gasteiger partial charge on any atom is -0.486 e. The molecule has 0 spiro atoms. The monoisotopic (exact) mass is 313 g/mol. The molecule has 6 nitrogen and oxygen atoms in total. The molecule has 0 aliphatic carbocycles. The van der Waals surface area contributed by atoms with Gasteiger partial charge in [-0.05, 0) is 17.7 Å². The van der Waals surface area contributed by atoms with Gasteiger partial charge < -0.3 is 24.8 Å². The van der Waals surface area contributed by atoms with Gasteiger partial charge >= 0.3 is 0 Å². The molecular weight excluding hydrogens is 294 g/mol. The molecule has 2 rings (SSSR count). The summed E-state index contributed by atoms with van der Waals surface area (Å²) in [4.78, 5) is 4.13. The molecule has 0 saturated carbocycles. The summed E-state index contributed by atoms with van der Waals surface area (Å²) in [6.45, 7) is 2.97. The van der Waals surface area contributed by atoms with E-state index < -0.39 is 0 Å². The van der Waals surface area contributed by atoms with Crippen LogP contribution in [0.3, 0.4) is 0 Å². The molecule has 0 radical (unpaired) electrons. The zero-order valence-corrected chi connectivity index (χ0v) is 13.0. The van der Waals surface area contributed by atoms with E-state index in [0.29, 0.717) is 55.4 Å². The van der Waals surface area contributed by atoms with Crippen LogP contribution in [0.2, 0.25) is 5.02 Å². The lowest BCUT2D eigenvalue weighted by Crippen LogP contribution is -2.38. The molecule has 0 unspecified atom stereocenters. The zero-order chi connectivity index (χ0) is 15.1. The van der Waals surface area contributed by atoms with Gasteiger partial charge in [-0.2, -0.15) is 0 Å². The average Bonchev–Trinajstić information content (AvgIpc) is 2.51. The predicted molar refractivity (Wildman–Crippen MR) is 82.5 cm³/mol. The van der Waals surface area contributed by atoms with E-state index >= 15 is 0 Å². The summed E-state index contributed by atoms with van der Waals surface area (Å²) in [7, 11) is 3.38. The molecule has 1 heterocycles. The number of fused-ring (bicyclic) bond motifs is 1. The van der Waals surface area contributed by atoms with Crippen molar-refractivity contribution >= 4 is 17.6 Å². The third-order valence-electron chi connectivity index (χ3n) is 2.94. The number of aliphatic imine (C=N–C) groups is 1. The normalized spacial score (nSPS) is 14.0. The second-order valence-electron chi connectivity index (χ2n) is 4.45. The summed E-state index contributed by atoms with van der Waals surface area (Å²) in [5, 5.41) is 6.91. The van der Waals surface area contributed by atoms with Gasteiger partial charge in [0.05, 0.1) is 11.6 Å². The highest BCUT2D eigenvalue weighted by Crippen LogP contribution is 2.38. The van der Waals surface area contributed by atoms with E-state index in [1.54, 1.807) is 14.2 Å². The predicted octanol–water partition coefficient (Wildman–Crippen LogP) is 1.42. The third kappa shape index (κ3) is 4.41. The SMILES string of the molecule is CN=C(NCCOC)NCc1cc(Cl)c2c(c1)OCCO2. The second kappa shape index (κ2) is 7.95. The molecular formula is C14H20ClN3O3. The summed E-state index contributed by atoms with van der Waals surface area (Å²) in [6.07, 6.45) is 0. The molecule has 2 N–H and O–H groups in total. The van der Waals surface area contributed by atoms with E-state index in [0.717, 1.165) is 5.56 Å². The van der Waals surface area contributed by atoms with Crippen LogP contribution >= 0.6 is 11.6 Å². The number of hydrogen-bond acceptors (Lipinski definition) is 4. The number of halogens is 1. The van der Waals surface area contributed by atoms with Gasteiger partial charge in [0, 0.05) is 27.2 Å². The molecule has 21 heavy (non-hydrogen) atoms. The van der Waals surface area contributed by atoms with Crippen LogP contribution in [0.4, 0.5) is 0 Å². The molecule has 1 aromatic carbocycles. The fourth-order valence-electron chi connectivity index (χ4n) is 1.94. The summed E-state index contributed by atoms with van der Waals surface area (Å²) < 4.78 is 16.0. The Morgan fingerprint density at radius 3 is 2.90 bits per heavy atom. The van der Waals surface area contributed by atoms with E-state index in [4.69, 9.17) is 25.8 Å². The van der Waals surface area contributed by atoms with Crippen LogP contribution in [0.5, 0.6) is 11.5 Å². The van der Waals surface area contributed by atoms with E-state index in [1.165, 1.54) is 0 Å². The molecule has 0 saturated heterocycles. The van der Waals surface area contributed by atoms with Gasteiger partial charge in [0.15, 0.2) is 17.5 Å². The Bertz CT molecular complexity index is 508. The average molecular weight is 314 g/mol. The lowest BCUT2D eigenvalue weighted by Gasteiger charge is -2.20. The largest absolute Gasteiger partial charge is 0.486 e. The quantitative estimate of drug-likeness (QED) is 0.489. The molecule has 1 aliphatic rings. The fraction of sp³-hybridized carbons (Fsp3) is 0.500. The number of ether oxygens (including phenoxy) is 3. The van der Waals surface area contributed by atoms with Crippen molar-refractivity contribution in [2.75, 3.05) is 40.5 Å². The molecule has 0 amide bonds. The molecule has 0 atom stereocenters. The van der Waals surface area contributed by atoms with E-state index in [-0.39, 0.29) is 0 Å². The lowest BCUT2D eigenvalue weighted by atomic mass is 10.2. The Kier molecular flexibility index (Phi) is 5.95. The third-order valence-corrected chi connectivity index (χ3v) is 3.22. The van der Waals surface area contributed by atoms with Gasteiger partial charge in [0.1, 0.15) is 13.2 Å². The van der Waals surface area contributed by atoms with Crippen LogP contribution in [0.1, 0.15) is 5.56 Å². The van der Waals surface area contributed by atoms with Crippen molar-refractivity contribution in [3.63, 3.8) is 0 Å². The maximum absolute atomic E-state index is 6.20. The molecule has 0 fully saturated rings. The summed E-state index contributed by atoms with van der Waals surface area (Å²) >= 11 is 6.20. The molecule has 1 aromatic rings. The first kappa shape index (κ1) is 15.7. The summed E-state index contributed by atoms with van der Waals surface area (Å²) in [5.41, 5.74) is 0.999. The van der Waals surface area contributed by atoms with Crippen molar-refractivity contribution in [3.8, 4) is 11.5 Å². The molecule has 0 bridgehead atoms. The number of hydrogen-bond donors (Lipinski definition) is 2. The first-order valence-electron chi connectivity index (χ1n) is 6.76. The minimum atomic E-state index is 0.528. The number of guanidine groups is 1. The van der Waals surface area contributed by atoms with Crippen LogP contribution in [-0.4, -0.2) is 46.5 Å². The molecule has 116 valence electrons. The van der Waals surface area contributed by atoms with Gasteiger partial charge in [-0.3, -0.25) is 4.99 Å². The van der Waals surface area contributed by atoms with Crippen LogP contribution in [0.15, 0.2) is 17.1 Å². The maximum atomic E-state index is 6.20. The topological polar surface area (TPSA) is 64.1 Å². The van der Waals surface area contributed by atoms with Crippen LogP contribution < -0.4 is 20.1 Å². The maximum Gasteiger partial charge on any atom is 0.191 e. The first-order valence-corrected chi connectivity index (χ1v) is 7.14. The standard InChI is InChI=1S/C14H20ClN3O3/c1-16-14(17-3-4-19-2)18-9-10-7-11(15)13-12(8-10)20-5-6-21-13/h7-8H,3-6,9H2,1-2H3,(H2,16,17,18). The molecule has 7 heteroatoms. The van der Waals surface area contributed by atoms with Gasteiger partial charge in [-0.15, -0.1) is 0 Å². The lowest BCUT2D eigenvalue weighted by molar-refractivity contribution is 0.171. The van der Waals surface area contributed by atoms with Crippen molar-refractivity contribution in [2.24, 2.45) is 4.99 Å². The Morgan fingerprint density at radius 1 is 1.33 bits per heavy atom. The number of benzene rings is 1. The van der Waals surface area contributed by atoms with Crippen molar-refractivity contribution in [2.45, 2.75) is 6.54 Å². The van der Waals surface area contributed by atoms with Crippen molar-refractivity contribution < 1.29 is 14.2 Å². The summed E-state index contributed by atoms with van der Waals surface area (Å²) in [6, 6.07) is 3.79. The van der Waals surface area contributed by atoms with E-state index in [9.17, 15) is 0 Å². The van der Waals surface area contributed by atoms with E-state index in [2.05, 4.69) is 15.6 Å². The van der Waals surface area contributed by atoms with Gasteiger partial charge in [0.25, 0.3) is 0 Å².